The zero-order valence-electron chi connectivity index (χ0n) is 52.9. The summed E-state index contributed by atoms with van der Waals surface area (Å²) in [6.45, 7) is 16.6. The lowest BCUT2D eigenvalue weighted by Gasteiger charge is -2.27. The molecular weight excluding hydrogens is 1010 g/mol. The van der Waals surface area contributed by atoms with E-state index in [0.29, 0.717) is 22.1 Å². The van der Waals surface area contributed by atoms with Crippen molar-refractivity contribution >= 4 is 156 Å². The summed E-state index contributed by atoms with van der Waals surface area (Å²) < 4.78 is 106. The maximum absolute atomic E-state index is 13.0. The molecule has 0 spiro atoms. The molecule has 0 aliphatic rings. The van der Waals surface area contributed by atoms with Crippen LogP contribution in [0.1, 0.15) is 45.6 Å². The van der Waals surface area contributed by atoms with Crippen molar-refractivity contribution in [3.05, 3.63) is 235 Å². The van der Waals surface area contributed by atoms with E-state index in [-0.39, 0.29) is 87.4 Å². The SMILES string of the molecule is [2H]c1c([2H])c([2H])c2c(sc3c2c([2H])c([2H])c2c4c([2H])c([2H])c([2H])c([2H])c4n(-c4c(-n5c6ccccc6c6ccccc65)c(C#N)c(-n5c6ccc(C(C)(C)C)cc6c6ccc7c8ccccc8sc7c65)c([N+]#[C-])c4-n4c5ccccc5c5ccccc54)c32)c1[2H]. The van der Waals surface area contributed by atoms with Crippen LogP contribution < -0.4 is 0 Å². The van der Waals surface area contributed by atoms with E-state index in [4.69, 9.17) is 7.59 Å². The highest BCUT2D eigenvalue weighted by molar-refractivity contribution is 7.27. The molecule has 17 aromatic rings. The van der Waals surface area contributed by atoms with Gasteiger partial charge in [0.25, 0.3) is 0 Å². The molecule has 8 heteroatoms. The van der Waals surface area contributed by atoms with Gasteiger partial charge in [0.1, 0.15) is 6.07 Å². The molecule has 0 bridgehead atoms. The molecule has 0 saturated carbocycles. The van der Waals surface area contributed by atoms with Crippen LogP contribution in [0.5, 0.6) is 0 Å². The van der Waals surface area contributed by atoms with Crippen LogP contribution in [0.25, 0.3) is 155 Å². The first kappa shape index (κ1) is 36.2. The zero-order chi connectivity index (χ0) is 62.0. The first-order valence-electron chi connectivity index (χ1n) is 31.2. The smallest absolute Gasteiger partial charge is 0.237 e. The van der Waals surface area contributed by atoms with Gasteiger partial charge in [0, 0.05) is 74.0 Å². The minimum absolute atomic E-state index is 0.000555. The fourth-order valence-electron chi connectivity index (χ4n) is 12.9. The van der Waals surface area contributed by atoms with E-state index in [1.165, 1.54) is 0 Å². The van der Waals surface area contributed by atoms with Gasteiger partial charge >= 0.3 is 0 Å². The number of nitrogens with zero attached hydrogens (tertiary/aromatic N) is 6. The summed E-state index contributed by atoms with van der Waals surface area (Å²) in [7, 11) is 0. The quantitative estimate of drug-likeness (QED) is 0.162. The summed E-state index contributed by atoms with van der Waals surface area (Å²) >= 11 is 2.61. The topological polar surface area (TPSA) is 47.9 Å². The third kappa shape index (κ3) is 5.88. The highest BCUT2D eigenvalue weighted by Gasteiger charge is 2.36. The van der Waals surface area contributed by atoms with Gasteiger partial charge in [-0.15, -0.1) is 22.7 Å². The number of hydrogen-bond donors (Lipinski definition) is 0. The first-order chi connectivity index (χ1) is 43.5. The first-order valence-corrected chi connectivity index (χ1v) is 27.8. The molecule has 6 heterocycles. The molecule has 0 saturated heterocycles. The Hall–Kier alpha value is -9.96. The number of para-hydroxylation sites is 5. The van der Waals surface area contributed by atoms with Gasteiger partial charge in [-0.25, -0.2) is 4.85 Å². The lowest BCUT2D eigenvalue weighted by Crippen LogP contribution is -2.15. The average Bonchev–Trinajstić information content (AvgIpc) is 1.48. The maximum Gasteiger partial charge on any atom is 0.237 e. The molecular formula is C72H44N6S2. The second-order valence-electron chi connectivity index (χ2n) is 21.4. The van der Waals surface area contributed by atoms with Gasteiger partial charge < -0.3 is 18.3 Å². The second kappa shape index (κ2) is 16.3. The minimum atomic E-state index is -0.604. The van der Waals surface area contributed by atoms with E-state index in [1.807, 2.05) is 118 Å². The second-order valence-corrected chi connectivity index (χ2v) is 23.5. The molecule has 0 unspecified atom stereocenters. The number of benzene rings is 11. The molecule has 80 heavy (non-hydrogen) atoms. The third-order valence-electron chi connectivity index (χ3n) is 16.3. The van der Waals surface area contributed by atoms with Crippen molar-refractivity contribution in [1.29, 1.82) is 5.26 Å². The van der Waals surface area contributed by atoms with E-state index < -0.39 is 54.4 Å². The van der Waals surface area contributed by atoms with E-state index in [9.17, 15) is 22.8 Å². The van der Waals surface area contributed by atoms with Crippen molar-refractivity contribution in [2.24, 2.45) is 0 Å². The molecule has 6 aromatic heterocycles. The van der Waals surface area contributed by atoms with E-state index in [0.717, 1.165) is 80.4 Å². The number of nitriles is 1. The van der Waals surface area contributed by atoms with Crippen molar-refractivity contribution in [1.82, 2.24) is 18.3 Å². The number of aromatic nitrogens is 4. The van der Waals surface area contributed by atoms with Crippen molar-refractivity contribution in [3.8, 4) is 28.8 Å². The predicted octanol–water partition coefficient (Wildman–Crippen LogP) is 20.5. The van der Waals surface area contributed by atoms with Crippen molar-refractivity contribution in [3.63, 3.8) is 0 Å². The van der Waals surface area contributed by atoms with Crippen molar-refractivity contribution in [2.75, 3.05) is 0 Å². The monoisotopic (exact) mass is 1070 g/mol. The van der Waals surface area contributed by atoms with Gasteiger partial charge in [0.05, 0.1) is 102 Å². The molecule has 0 aliphatic carbocycles. The molecule has 0 aliphatic heterocycles. The van der Waals surface area contributed by atoms with Crippen molar-refractivity contribution in [2.45, 2.75) is 26.2 Å². The fourth-order valence-corrected chi connectivity index (χ4v) is 15.2. The number of hydrogen-bond acceptors (Lipinski definition) is 3. The molecule has 17 rings (SSSR count). The number of rotatable bonds is 4. The van der Waals surface area contributed by atoms with Crippen LogP contribution in [0.4, 0.5) is 5.69 Å². The van der Waals surface area contributed by atoms with E-state index >= 15 is 0 Å². The highest BCUT2D eigenvalue weighted by Crippen LogP contribution is 2.54. The summed E-state index contributed by atoms with van der Waals surface area (Å²) in [5.74, 6) is 0. The van der Waals surface area contributed by atoms with Crippen LogP contribution >= 0.6 is 22.7 Å². The normalized spacial score (nSPS) is 14.2. The summed E-state index contributed by atoms with van der Waals surface area (Å²) in [6.07, 6.45) is 0. The Kier molecular flexibility index (Phi) is 7.37. The van der Waals surface area contributed by atoms with Crippen LogP contribution in [-0.4, -0.2) is 18.3 Å². The van der Waals surface area contributed by atoms with Gasteiger partial charge in [-0.2, -0.15) is 5.26 Å². The van der Waals surface area contributed by atoms with E-state index in [2.05, 4.69) is 73.9 Å². The zero-order valence-corrected chi connectivity index (χ0v) is 44.6. The molecule has 374 valence electrons. The lowest BCUT2D eigenvalue weighted by molar-refractivity contribution is 0.591. The summed E-state index contributed by atoms with van der Waals surface area (Å²) in [4.78, 5) is 4.75. The largest absolute Gasteiger partial charge is 0.317 e. The number of fused-ring (bicyclic) bond motifs is 20. The summed E-state index contributed by atoms with van der Waals surface area (Å²) in [6, 6.07) is 48.2. The Balaban J connectivity index is 1.25. The van der Waals surface area contributed by atoms with Crippen LogP contribution in [-0.2, 0) is 5.41 Å². The van der Waals surface area contributed by atoms with Gasteiger partial charge in [-0.1, -0.05) is 178 Å². The Bertz CT molecular complexity index is 6060. The molecule has 0 amide bonds. The van der Waals surface area contributed by atoms with Gasteiger partial charge in [-0.05, 0) is 65.5 Å². The standard InChI is InChI=1S/C72H44N6S2/c1-72(2,3)41-33-38-60-53(39-41)50-35-37-52-48-25-11-18-32-62(48)80-71(52)67(50)77(60)64-54(40-73)65(75-55-26-12-5-19-42(55)43-20-6-13-27-56(43)75)69(68(63(64)74-4)76-57-28-14-7-21-44(57)45-22-8-15-29-58(45)76)78-59-30-16-9-23-46(59)49-34-36-51-47-24-10-17-31-61(47)79-70(51)66(49)78/h5-39H,1-3H3/i9D,10D,16D,17D,23D,24D,30D,31D,34D,36D. The lowest BCUT2D eigenvalue weighted by atomic mass is 9.86. The maximum atomic E-state index is 13.0. The van der Waals surface area contributed by atoms with Gasteiger partial charge in [0.2, 0.25) is 5.69 Å². The summed E-state index contributed by atoms with van der Waals surface area (Å²) in [5.41, 5.74) is 5.67. The summed E-state index contributed by atoms with van der Waals surface area (Å²) in [5, 5.41) is 20.0. The third-order valence-corrected chi connectivity index (χ3v) is 18.6. The molecule has 0 N–H and O–H groups in total. The number of thiophene rings is 2. The molecule has 0 fully saturated rings. The predicted molar refractivity (Wildman–Crippen MR) is 339 cm³/mol. The fraction of sp³-hybridized carbons (Fsp3) is 0.0556. The highest BCUT2D eigenvalue weighted by atomic mass is 32.1. The Labute approximate surface area is 480 Å². The van der Waals surface area contributed by atoms with Gasteiger partial charge in [0.15, 0.2) is 0 Å². The molecule has 0 radical (unpaired) electrons. The van der Waals surface area contributed by atoms with Crippen molar-refractivity contribution < 1.29 is 13.7 Å². The average molecular weight is 1070 g/mol. The Morgan fingerprint density at radius 1 is 0.425 bits per heavy atom. The van der Waals surface area contributed by atoms with Crippen LogP contribution in [0.3, 0.4) is 0 Å². The molecule has 6 nitrogen and oxygen atoms in total. The molecule has 11 aromatic carbocycles. The van der Waals surface area contributed by atoms with E-state index in [1.54, 1.807) is 15.9 Å². The van der Waals surface area contributed by atoms with Gasteiger partial charge in [-0.3, -0.25) is 0 Å². The Morgan fingerprint density at radius 2 is 0.938 bits per heavy atom. The van der Waals surface area contributed by atoms with Crippen LogP contribution in [0, 0.1) is 17.9 Å². The van der Waals surface area contributed by atoms with Crippen LogP contribution in [0.15, 0.2) is 212 Å². The van der Waals surface area contributed by atoms with Crippen LogP contribution in [0.2, 0.25) is 0 Å². The molecule has 0 atom stereocenters. The Morgan fingerprint density at radius 3 is 1.59 bits per heavy atom. The minimum Gasteiger partial charge on any atom is -0.317 e.